The van der Waals surface area contributed by atoms with Crippen molar-refractivity contribution in [2.24, 2.45) is 5.14 Å². The molecule has 0 aromatic heterocycles. The first-order valence-electron chi connectivity index (χ1n) is 8.30. The molecule has 3 aromatic carbocycles. The zero-order chi connectivity index (χ0) is 19.0. The van der Waals surface area contributed by atoms with Gasteiger partial charge in [0, 0.05) is 22.0 Å². The van der Waals surface area contributed by atoms with Gasteiger partial charge in [-0.05, 0) is 53.6 Å². The van der Waals surface area contributed by atoms with Crippen molar-refractivity contribution >= 4 is 37.3 Å². The summed E-state index contributed by atoms with van der Waals surface area (Å²) in [4.78, 5) is 0.0771. The lowest BCUT2D eigenvalue weighted by molar-refractivity contribution is 0.502. The third-order valence-corrected chi connectivity index (χ3v) is 5.92. The molecular weight excluding hydrogens is 426 g/mol. The van der Waals surface area contributed by atoms with E-state index in [1.54, 1.807) is 12.1 Å². The molecule has 0 bridgehead atoms. The lowest BCUT2D eigenvalue weighted by Crippen LogP contribution is -2.12. The second kappa shape index (κ2) is 6.96. The number of ether oxygens (including phenoxy) is 1. The Morgan fingerprint density at radius 1 is 0.852 bits per heavy atom. The van der Waals surface area contributed by atoms with Crippen LogP contribution in [0.3, 0.4) is 0 Å². The van der Waals surface area contributed by atoms with Crippen LogP contribution in [0.2, 0.25) is 0 Å². The summed E-state index contributed by atoms with van der Waals surface area (Å²) in [5, 5.41) is 5.21. The maximum Gasteiger partial charge on any atom is 0.238 e. The summed E-state index contributed by atoms with van der Waals surface area (Å²) < 4.78 is 30.3. The molecule has 27 heavy (non-hydrogen) atoms. The molecule has 0 unspecified atom stereocenters. The van der Waals surface area contributed by atoms with Crippen LogP contribution in [0.15, 0.2) is 82.2 Å². The van der Waals surface area contributed by atoms with Gasteiger partial charge >= 0.3 is 0 Å². The Balaban J connectivity index is 1.85. The second-order valence-electron chi connectivity index (χ2n) is 6.27. The van der Waals surface area contributed by atoms with Crippen LogP contribution >= 0.6 is 15.9 Å². The molecule has 1 aliphatic rings. The van der Waals surface area contributed by atoms with Crippen LogP contribution in [-0.4, -0.2) is 8.42 Å². The molecule has 1 aliphatic heterocycles. The number of benzene rings is 3. The number of primary sulfonamides is 1. The van der Waals surface area contributed by atoms with Crippen molar-refractivity contribution in [3.05, 3.63) is 94.0 Å². The highest BCUT2D eigenvalue weighted by atomic mass is 79.9. The summed E-state index contributed by atoms with van der Waals surface area (Å²) in [7, 11) is -3.73. The van der Waals surface area contributed by atoms with E-state index < -0.39 is 10.0 Å². The third-order valence-electron chi connectivity index (χ3n) is 4.46. The number of hydrogen-bond acceptors (Lipinski definition) is 3. The third kappa shape index (κ3) is 3.69. The van der Waals surface area contributed by atoms with E-state index in [0.29, 0.717) is 0 Å². The molecule has 1 heterocycles. The standard InChI is InChI=1S/C21H16BrNO3S/c22-17-9-5-14(6-10-17)19-13-16-3-1-2-4-20(16)26-21(19)15-7-11-18(12-8-15)27(23,24)25/h1-12H,13H2,(H2,23,24,25). The normalized spacial score (nSPS) is 13.9. The van der Waals surface area contributed by atoms with Crippen LogP contribution < -0.4 is 9.88 Å². The number of para-hydroxylation sites is 1. The highest BCUT2D eigenvalue weighted by Gasteiger charge is 2.22. The predicted octanol–water partition coefficient (Wildman–Crippen LogP) is 4.60. The van der Waals surface area contributed by atoms with Crippen LogP contribution in [0, 0.1) is 0 Å². The predicted molar refractivity (Wildman–Crippen MR) is 110 cm³/mol. The van der Waals surface area contributed by atoms with Gasteiger partial charge in [-0.25, -0.2) is 13.6 Å². The van der Waals surface area contributed by atoms with Crippen molar-refractivity contribution < 1.29 is 13.2 Å². The van der Waals surface area contributed by atoms with Crippen molar-refractivity contribution in [3.63, 3.8) is 0 Å². The molecule has 6 heteroatoms. The van der Waals surface area contributed by atoms with E-state index in [1.807, 2.05) is 42.5 Å². The summed E-state index contributed by atoms with van der Waals surface area (Å²) in [5.41, 5.74) is 4.01. The van der Waals surface area contributed by atoms with Gasteiger partial charge in [0.05, 0.1) is 4.90 Å². The largest absolute Gasteiger partial charge is 0.456 e. The van der Waals surface area contributed by atoms with Crippen LogP contribution in [0.5, 0.6) is 5.75 Å². The molecule has 2 N–H and O–H groups in total. The highest BCUT2D eigenvalue weighted by Crippen LogP contribution is 2.39. The minimum Gasteiger partial charge on any atom is -0.456 e. The monoisotopic (exact) mass is 441 g/mol. The van der Waals surface area contributed by atoms with Crippen molar-refractivity contribution in [1.29, 1.82) is 0 Å². The molecule has 3 aromatic rings. The van der Waals surface area contributed by atoms with Gasteiger partial charge in [0.1, 0.15) is 11.5 Å². The van der Waals surface area contributed by atoms with Gasteiger partial charge in [0.25, 0.3) is 0 Å². The lowest BCUT2D eigenvalue weighted by atomic mass is 9.92. The number of allylic oxidation sites excluding steroid dienone is 1. The average Bonchev–Trinajstić information content (AvgIpc) is 2.67. The van der Waals surface area contributed by atoms with E-state index in [-0.39, 0.29) is 4.90 Å². The Morgan fingerprint density at radius 2 is 1.48 bits per heavy atom. The molecule has 0 radical (unpaired) electrons. The van der Waals surface area contributed by atoms with Crippen LogP contribution in [0.4, 0.5) is 0 Å². The molecule has 4 rings (SSSR count). The van der Waals surface area contributed by atoms with Crippen LogP contribution in [0.1, 0.15) is 16.7 Å². The van der Waals surface area contributed by atoms with Gasteiger partial charge in [-0.3, -0.25) is 0 Å². The zero-order valence-electron chi connectivity index (χ0n) is 14.2. The summed E-state index contributed by atoms with van der Waals surface area (Å²) in [6.07, 6.45) is 0.726. The van der Waals surface area contributed by atoms with Gasteiger partial charge < -0.3 is 4.74 Å². The Hall–Kier alpha value is -2.41. The summed E-state index contributed by atoms with van der Waals surface area (Å²) >= 11 is 3.47. The molecule has 0 fully saturated rings. The fraction of sp³-hybridized carbons (Fsp3) is 0.0476. The molecule has 0 amide bonds. The number of rotatable bonds is 3. The number of halogens is 1. The molecular formula is C21H16BrNO3S. The lowest BCUT2D eigenvalue weighted by Gasteiger charge is -2.24. The number of sulfonamides is 1. The molecule has 136 valence electrons. The average molecular weight is 442 g/mol. The van der Waals surface area contributed by atoms with E-state index >= 15 is 0 Å². The van der Waals surface area contributed by atoms with Crippen molar-refractivity contribution in [1.82, 2.24) is 0 Å². The molecule has 0 saturated carbocycles. The smallest absolute Gasteiger partial charge is 0.238 e. The molecule has 0 saturated heterocycles. The van der Waals surface area contributed by atoms with Gasteiger partial charge in [0.15, 0.2) is 0 Å². The number of nitrogens with two attached hydrogens (primary N) is 1. The maximum atomic E-state index is 11.5. The second-order valence-corrected chi connectivity index (χ2v) is 8.75. The van der Waals surface area contributed by atoms with E-state index in [9.17, 15) is 8.42 Å². The van der Waals surface area contributed by atoms with E-state index in [1.165, 1.54) is 12.1 Å². The first kappa shape index (κ1) is 18.0. The number of hydrogen-bond donors (Lipinski definition) is 1. The Bertz CT molecular complexity index is 1130. The molecule has 0 atom stereocenters. The highest BCUT2D eigenvalue weighted by molar-refractivity contribution is 9.10. The van der Waals surface area contributed by atoms with Crippen LogP contribution in [-0.2, 0) is 16.4 Å². The van der Waals surface area contributed by atoms with Crippen molar-refractivity contribution in [3.8, 4) is 5.75 Å². The maximum absolute atomic E-state index is 11.5. The quantitative estimate of drug-likeness (QED) is 0.645. The first-order valence-corrected chi connectivity index (χ1v) is 10.6. The van der Waals surface area contributed by atoms with Crippen molar-refractivity contribution in [2.75, 3.05) is 0 Å². The molecule has 0 spiro atoms. The van der Waals surface area contributed by atoms with Gasteiger partial charge in [-0.1, -0.05) is 46.3 Å². The Kier molecular flexibility index (Phi) is 4.63. The Morgan fingerprint density at radius 3 is 2.15 bits per heavy atom. The zero-order valence-corrected chi connectivity index (χ0v) is 16.6. The van der Waals surface area contributed by atoms with Gasteiger partial charge in [-0.2, -0.15) is 0 Å². The molecule has 4 nitrogen and oxygen atoms in total. The minimum atomic E-state index is -3.73. The van der Waals surface area contributed by atoms with E-state index in [2.05, 4.69) is 22.0 Å². The fourth-order valence-corrected chi connectivity index (χ4v) is 3.88. The fourth-order valence-electron chi connectivity index (χ4n) is 3.11. The summed E-state index contributed by atoms with van der Waals surface area (Å²) in [5.74, 6) is 1.53. The first-order chi connectivity index (χ1) is 12.9. The summed E-state index contributed by atoms with van der Waals surface area (Å²) in [6.45, 7) is 0. The SMILES string of the molecule is NS(=O)(=O)c1ccc(C2=C(c3ccc(Br)cc3)Cc3ccccc3O2)cc1. The molecule has 0 aliphatic carbocycles. The van der Waals surface area contributed by atoms with Crippen molar-refractivity contribution in [2.45, 2.75) is 11.3 Å². The van der Waals surface area contributed by atoms with E-state index in [0.717, 1.165) is 44.7 Å². The number of fused-ring (bicyclic) bond motifs is 1. The minimum absolute atomic E-state index is 0.0771. The van der Waals surface area contributed by atoms with Crippen LogP contribution in [0.25, 0.3) is 11.3 Å². The van der Waals surface area contributed by atoms with Gasteiger partial charge in [-0.15, -0.1) is 0 Å². The Labute approximate surface area is 166 Å². The van der Waals surface area contributed by atoms with Gasteiger partial charge in [0.2, 0.25) is 10.0 Å². The topological polar surface area (TPSA) is 69.4 Å². The van der Waals surface area contributed by atoms with E-state index in [4.69, 9.17) is 9.88 Å². The summed E-state index contributed by atoms with van der Waals surface area (Å²) in [6, 6.07) is 22.4.